The third-order valence-electron chi connectivity index (χ3n) is 3.87. The molecule has 3 heteroatoms. The number of aromatic nitrogens is 1. The molecule has 1 N–H and O–H groups in total. The topological polar surface area (TPSA) is 24.9 Å². The van der Waals surface area contributed by atoms with Crippen LogP contribution in [0.5, 0.6) is 0 Å². The van der Waals surface area contributed by atoms with Gasteiger partial charge in [-0.25, -0.2) is 0 Å². The van der Waals surface area contributed by atoms with Gasteiger partial charge in [-0.15, -0.1) is 0 Å². The Bertz CT molecular complexity index is 379. The molecule has 0 aliphatic heterocycles. The molecule has 0 aromatic carbocycles. The van der Waals surface area contributed by atoms with Crippen LogP contribution in [0.2, 0.25) is 5.02 Å². The van der Waals surface area contributed by atoms with Gasteiger partial charge < -0.3 is 5.32 Å². The molecule has 1 aromatic rings. The summed E-state index contributed by atoms with van der Waals surface area (Å²) in [7, 11) is 0. The lowest BCUT2D eigenvalue weighted by Gasteiger charge is -2.37. The van der Waals surface area contributed by atoms with Crippen molar-refractivity contribution in [3.05, 3.63) is 29.0 Å². The minimum absolute atomic E-state index is 0.734. The van der Waals surface area contributed by atoms with E-state index in [-0.39, 0.29) is 0 Å². The van der Waals surface area contributed by atoms with Crippen molar-refractivity contribution in [2.75, 3.05) is 13.1 Å². The van der Waals surface area contributed by atoms with Crippen LogP contribution < -0.4 is 5.32 Å². The highest BCUT2D eigenvalue weighted by atomic mass is 35.5. The van der Waals surface area contributed by atoms with Crippen molar-refractivity contribution < 1.29 is 0 Å². The van der Waals surface area contributed by atoms with Gasteiger partial charge in [-0.3, -0.25) is 4.98 Å². The summed E-state index contributed by atoms with van der Waals surface area (Å²) in [5, 5.41) is 4.39. The zero-order valence-corrected chi connectivity index (χ0v) is 12.1. The molecule has 100 valence electrons. The van der Waals surface area contributed by atoms with Gasteiger partial charge in [-0.1, -0.05) is 25.4 Å². The molecule has 1 aliphatic rings. The largest absolute Gasteiger partial charge is 0.316 e. The smallest absolute Gasteiger partial charge is 0.0621 e. The lowest BCUT2D eigenvalue weighted by Crippen LogP contribution is -2.37. The second-order valence-corrected chi connectivity index (χ2v) is 6.23. The first-order valence-electron chi connectivity index (χ1n) is 6.96. The molecule has 0 bridgehead atoms. The van der Waals surface area contributed by atoms with Crippen molar-refractivity contribution in [1.29, 1.82) is 0 Å². The van der Waals surface area contributed by atoms with Crippen LogP contribution in [-0.4, -0.2) is 18.1 Å². The maximum Gasteiger partial charge on any atom is 0.0621 e. The fourth-order valence-electron chi connectivity index (χ4n) is 2.58. The van der Waals surface area contributed by atoms with Crippen molar-refractivity contribution in [2.45, 2.75) is 33.1 Å². The predicted octanol–water partition coefficient (Wildman–Crippen LogP) is 3.55. The first kappa shape index (κ1) is 13.8. The number of nitrogens with zero attached hydrogens (tertiary/aromatic N) is 1. The van der Waals surface area contributed by atoms with Gasteiger partial charge in [0, 0.05) is 12.4 Å². The second kappa shape index (κ2) is 6.53. The van der Waals surface area contributed by atoms with Gasteiger partial charge >= 0.3 is 0 Å². The Labute approximate surface area is 115 Å². The number of halogens is 1. The van der Waals surface area contributed by atoms with E-state index in [1.807, 2.05) is 6.20 Å². The summed E-state index contributed by atoms with van der Waals surface area (Å²) in [6.07, 6.45) is 7.40. The highest BCUT2D eigenvalue weighted by Crippen LogP contribution is 2.37. The summed E-state index contributed by atoms with van der Waals surface area (Å²) in [5.74, 6) is 2.36. The van der Waals surface area contributed by atoms with Gasteiger partial charge in [0.1, 0.15) is 0 Å². The summed E-state index contributed by atoms with van der Waals surface area (Å²) in [4.78, 5) is 4.04. The van der Waals surface area contributed by atoms with Crippen LogP contribution in [0.3, 0.4) is 0 Å². The third kappa shape index (κ3) is 3.69. The fourth-order valence-corrected chi connectivity index (χ4v) is 2.78. The van der Waals surface area contributed by atoms with Gasteiger partial charge in [-0.2, -0.15) is 0 Å². The molecule has 1 heterocycles. The second-order valence-electron chi connectivity index (χ2n) is 5.82. The normalized spacial score (nSPS) is 23.1. The zero-order chi connectivity index (χ0) is 13.0. The Morgan fingerprint density at radius 1 is 1.39 bits per heavy atom. The molecular formula is C15H23ClN2. The van der Waals surface area contributed by atoms with Crippen molar-refractivity contribution in [1.82, 2.24) is 10.3 Å². The Hall–Kier alpha value is -0.600. The summed E-state index contributed by atoms with van der Waals surface area (Å²) in [6.45, 7) is 6.79. The van der Waals surface area contributed by atoms with Crippen molar-refractivity contribution >= 4 is 11.6 Å². The Balaban J connectivity index is 1.78. The highest BCUT2D eigenvalue weighted by Gasteiger charge is 2.30. The molecule has 1 fully saturated rings. The van der Waals surface area contributed by atoms with Crippen LogP contribution >= 0.6 is 11.6 Å². The van der Waals surface area contributed by atoms with Gasteiger partial charge in [0.2, 0.25) is 0 Å². The number of rotatable bonds is 6. The molecule has 0 amide bonds. The Kier molecular flexibility index (Phi) is 5.02. The molecule has 2 atom stereocenters. The SMILES string of the molecule is CC(C)CNCC1CCC1Cc1ccncc1Cl. The van der Waals surface area contributed by atoms with Crippen molar-refractivity contribution in [2.24, 2.45) is 17.8 Å². The lowest BCUT2D eigenvalue weighted by molar-refractivity contribution is 0.169. The van der Waals surface area contributed by atoms with Crippen molar-refractivity contribution in [3.8, 4) is 0 Å². The maximum absolute atomic E-state index is 6.16. The van der Waals surface area contributed by atoms with E-state index in [1.165, 1.54) is 18.4 Å². The van der Waals surface area contributed by atoms with Crippen LogP contribution in [0.1, 0.15) is 32.3 Å². The van der Waals surface area contributed by atoms with Crippen molar-refractivity contribution in [3.63, 3.8) is 0 Å². The molecule has 0 spiro atoms. The molecule has 1 aromatic heterocycles. The van der Waals surface area contributed by atoms with E-state index < -0.39 is 0 Å². The Morgan fingerprint density at radius 2 is 2.17 bits per heavy atom. The average Bonchev–Trinajstić information content (AvgIpc) is 2.32. The zero-order valence-electron chi connectivity index (χ0n) is 11.3. The van der Waals surface area contributed by atoms with E-state index in [2.05, 4.69) is 30.2 Å². The van der Waals surface area contributed by atoms with Gasteiger partial charge in [0.05, 0.1) is 5.02 Å². The van der Waals surface area contributed by atoms with Gasteiger partial charge in [0.15, 0.2) is 0 Å². The minimum Gasteiger partial charge on any atom is -0.316 e. The summed E-state index contributed by atoms with van der Waals surface area (Å²) in [6, 6.07) is 2.05. The van der Waals surface area contributed by atoms with E-state index in [1.54, 1.807) is 6.20 Å². The first-order valence-corrected chi connectivity index (χ1v) is 7.33. The first-order chi connectivity index (χ1) is 8.66. The Morgan fingerprint density at radius 3 is 2.78 bits per heavy atom. The predicted molar refractivity (Wildman–Crippen MR) is 76.9 cm³/mol. The summed E-state index contributed by atoms with van der Waals surface area (Å²) >= 11 is 6.16. The molecule has 1 aliphatic carbocycles. The molecule has 18 heavy (non-hydrogen) atoms. The van der Waals surface area contributed by atoms with Crippen LogP contribution in [0, 0.1) is 17.8 Å². The summed E-state index contributed by atoms with van der Waals surface area (Å²) < 4.78 is 0. The molecule has 0 saturated heterocycles. The number of nitrogens with one attached hydrogen (secondary N) is 1. The monoisotopic (exact) mass is 266 g/mol. The minimum atomic E-state index is 0.734. The highest BCUT2D eigenvalue weighted by molar-refractivity contribution is 6.31. The van der Waals surface area contributed by atoms with E-state index in [0.29, 0.717) is 0 Å². The number of hydrogen-bond donors (Lipinski definition) is 1. The van der Waals surface area contributed by atoms with E-state index in [0.717, 1.165) is 42.3 Å². The number of hydrogen-bond acceptors (Lipinski definition) is 2. The standard InChI is InChI=1S/C15H23ClN2/c1-11(2)8-18-9-14-4-3-12(14)7-13-5-6-17-10-15(13)16/h5-6,10-12,14,18H,3-4,7-9H2,1-2H3. The van der Waals surface area contributed by atoms with Crippen LogP contribution in [-0.2, 0) is 6.42 Å². The fraction of sp³-hybridized carbons (Fsp3) is 0.667. The van der Waals surface area contributed by atoms with Crippen LogP contribution in [0.15, 0.2) is 18.5 Å². The van der Waals surface area contributed by atoms with E-state index in [9.17, 15) is 0 Å². The van der Waals surface area contributed by atoms with Gasteiger partial charge in [-0.05, 0) is 61.7 Å². The lowest BCUT2D eigenvalue weighted by atomic mass is 9.71. The molecule has 2 rings (SSSR count). The van der Waals surface area contributed by atoms with E-state index in [4.69, 9.17) is 11.6 Å². The van der Waals surface area contributed by atoms with Gasteiger partial charge in [0.25, 0.3) is 0 Å². The maximum atomic E-state index is 6.16. The molecular weight excluding hydrogens is 244 g/mol. The third-order valence-corrected chi connectivity index (χ3v) is 4.21. The quantitative estimate of drug-likeness (QED) is 0.852. The molecule has 1 saturated carbocycles. The molecule has 2 nitrogen and oxygen atoms in total. The van der Waals surface area contributed by atoms with Crippen LogP contribution in [0.4, 0.5) is 0 Å². The molecule has 2 unspecified atom stereocenters. The summed E-state index contributed by atoms with van der Waals surface area (Å²) in [5.41, 5.74) is 1.25. The van der Waals surface area contributed by atoms with E-state index >= 15 is 0 Å². The van der Waals surface area contributed by atoms with Crippen LogP contribution in [0.25, 0.3) is 0 Å². The average molecular weight is 267 g/mol. The number of pyridine rings is 1. The molecule has 0 radical (unpaired) electrons.